The highest BCUT2D eigenvalue weighted by atomic mass is 16.2. The minimum atomic E-state index is -0.0467. The molecule has 1 aromatic carbocycles. The van der Waals surface area contributed by atoms with E-state index in [9.17, 15) is 4.79 Å². The van der Waals surface area contributed by atoms with E-state index >= 15 is 0 Å². The van der Waals surface area contributed by atoms with Crippen molar-refractivity contribution in [2.75, 3.05) is 18.4 Å². The van der Waals surface area contributed by atoms with Gasteiger partial charge in [0.05, 0.1) is 6.20 Å². The quantitative estimate of drug-likeness (QED) is 0.760. The van der Waals surface area contributed by atoms with Crippen LogP contribution in [0.5, 0.6) is 0 Å². The van der Waals surface area contributed by atoms with Gasteiger partial charge in [0.25, 0.3) is 0 Å². The van der Waals surface area contributed by atoms with Gasteiger partial charge in [-0.1, -0.05) is 12.1 Å². The van der Waals surface area contributed by atoms with Crippen LogP contribution in [-0.4, -0.2) is 39.8 Å². The summed E-state index contributed by atoms with van der Waals surface area (Å²) in [6.45, 7) is 10.7. The van der Waals surface area contributed by atoms with Gasteiger partial charge in [-0.3, -0.25) is 4.68 Å². The number of amides is 2. The van der Waals surface area contributed by atoms with Gasteiger partial charge in [-0.15, -0.1) is 0 Å². The number of aryl methyl sites for hydroxylation is 1. The Labute approximate surface area is 168 Å². The van der Waals surface area contributed by atoms with E-state index in [0.29, 0.717) is 19.1 Å². The van der Waals surface area contributed by atoms with Gasteiger partial charge < -0.3 is 15.5 Å². The van der Waals surface area contributed by atoms with Gasteiger partial charge in [0, 0.05) is 43.1 Å². The summed E-state index contributed by atoms with van der Waals surface area (Å²) in [5.74, 6) is 0. The molecule has 1 heterocycles. The number of hydrogen-bond donors (Lipinski definition) is 2. The van der Waals surface area contributed by atoms with Crippen LogP contribution < -0.4 is 10.6 Å². The second-order valence-electron chi connectivity index (χ2n) is 7.48. The first-order chi connectivity index (χ1) is 13.5. The average molecular weight is 384 g/mol. The molecule has 6 heteroatoms. The molecule has 1 aromatic heterocycles. The second kappa shape index (κ2) is 9.24. The lowest BCUT2D eigenvalue weighted by molar-refractivity contribution is 0.217. The third kappa shape index (κ3) is 4.55. The monoisotopic (exact) mass is 383 g/mol. The summed E-state index contributed by atoms with van der Waals surface area (Å²) in [6.07, 6.45) is 5.30. The van der Waals surface area contributed by atoms with Crippen molar-refractivity contribution >= 4 is 11.7 Å². The van der Waals surface area contributed by atoms with Crippen LogP contribution in [0.15, 0.2) is 30.5 Å². The summed E-state index contributed by atoms with van der Waals surface area (Å²) in [4.78, 5) is 13.9. The van der Waals surface area contributed by atoms with Crippen molar-refractivity contribution in [2.24, 2.45) is 0 Å². The Kier molecular flexibility index (Phi) is 6.73. The molecule has 2 aromatic rings. The molecule has 28 heavy (non-hydrogen) atoms. The minimum Gasteiger partial charge on any atom is -0.325 e. The lowest BCUT2D eigenvalue weighted by Crippen LogP contribution is -2.36. The molecule has 2 N–H and O–H groups in total. The molecule has 1 aliphatic rings. The van der Waals surface area contributed by atoms with E-state index in [1.54, 1.807) is 4.90 Å². The van der Waals surface area contributed by atoms with E-state index < -0.39 is 0 Å². The SMILES string of the molecule is CCN(CC)C(=O)Nc1ccc(C(C)NC2CCc3c(cnn3CC)C2)cc1. The molecule has 0 bridgehead atoms. The van der Waals surface area contributed by atoms with Crippen LogP contribution in [0.1, 0.15) is 57.0 Å². The van der Waals surface area contributed by atoms with Gasteiger partial charge in [0.15, 0.2) is 0 Å². The number of carbonyl (C=O) groups excluding carboxylic acids is 1. The zero-order chi connectivity index (χ0) is 20.1. The summed E-state index contributed by atoms with van der Waals surface area (Å²) in [5, 5.41) is 11.2. The standard InChI is InChI=1S/C22H33N5O/c1-5-26(6-2)22(28)25-19-10-8-17(9-11-19)16(4)24-20-12-13-21-18(14-20)15-23-27(21)7-3/h8-11,15-16,20,24H,5-7,12-14H2,1-4H3,(H,25,28). The van der Waals surface area contributed by atoms with E-state index in [1.807, 2.05) is 32.2 Å². The minimum absolute atomic E-state index is 0.0467. The lowest BCUT2D eigenvalue weighted by atomic mass is 9.92. The van der Waals surface area contributed by atoms with Crippen LogP contribution in [0.2, 0.25) is 0 Å². The maximum Gasteiger partial charge on any atom is 0.321 e. The highest BCUT2D eigenvalue weighted by Crippen LogP contribution is 2.24. The summed E-state index contributed by atoms with van der Waals surface area (Å²) >= 11 is 0. The van der Waals surface area contributed by atoms with E-state index in [0.717, 1.165) is 31.5 Å². The van der Waals surface area contributed by atoms with Crippen molar-refractivity contribution in [2.45, 2.75) is 65.6 Å². The molecule has 152 valence electrons. The van der Waals surface area contributed by atoms with Gasteiger partial charge in [-0.05, 0) is 70.2 Å². The topological polar surface area (TPSA) is 62.2 Å². The number of nitrogens with one attached hydrogen (secondary N) is 2. The molecule has 0 fully saturated rings. The number of aromatic nitrogens is 2. The van der Waals surface area contributed by atoms with E-state index in [2.05, 4.69) is 46.4 Å². The van der Waals surface area contributed by atoms with Crippen LogP contribution in [0.3, 0.4) is 0 Å². The number of anilines is 1. The number of hydrogen-bond acceptors (Lipinski definition) is 3. The molecule has 6 nitrogen and oxygen atoms in total. The van der Waals surface area contributed by atoms with Crippen molar-refractivity contribution in [1.29, 1.82) is 0 Å². The first-order valence-electron chi connectivity index (χ1n) is 10.5. The average Bonchev–Trinajstić information content (AvgIpc) is 3.11. The summed E-state index contributed by atoms with van der Waals surface area (Å²) in [5.41, 5.74) is 4.85. The first kappa shape index (κ1) is 20.4. The fraction of sp³-hybridized carbons (Fsp3) is 0.545. The van der Waals surface area contributed by atoms with E-state index in [1.165, 1.54) is 16.8 Å². The van der Waals surface area contributed by atoms with Crippen molar-refractivity contribution < 1.29 is 4.79 Å². The zero-order valence-electron chi connectivity index (χ0n) is 17.5. The predicted octanol–water partition coefficient (Wildman–Crippen LogP) is 3.98. The highest BCUT2D eigenvalue weighted by molar-refractivity contribution is 5.89. The maximum atomic E-state index is 12.2. The Morgan fingerprint density at radius 1 is 1.25 bits per heavy atom. The molecule has 0 spiro atoms. The molecule has 3 rings (SSSR count). The number of nitrogens with zero attached hydrogens (tertiary/aromatic N) is 3. The molecule has 2 atom stereocenters. The third-order valence-electron chi connectivity index (χ3n) is 5.73. The van der Waals surface area contributed by atoms with Crippen LogP contribution in [0.4, 0.5) is 10.5 Å². The van der Waals surface area contributed by atoms with E-state index in [4.69, 9.17) is 0 Å². The summed E-state index contributed by atoms with van der Waals surface area (Å²) in [7, 11) is 0. The van der Waals surface area contributed by atoms with Crippen molar-refractivity contribution in [3.63, 3.8) is 0 Å². The zero-order valence-corrected chi connectivity index (χ0v) is 17.5. The fourth-order valence-corrected chi connectivity index (χ4v) is 4.02. The molecule has 2 unspecified atom stereocenters. The van der Waals surface area contributed by atoms with Crippen LogP contribution in [-0.2, 0) is 19.4 Å². The predicted molar refractivity (Wildman–Crippen MR) is 114 cm³/mol. The van der Waals surface area contributed by atoms with Crippen LogP contribution in [0, 0.1) is 0 Å². The van der Waals surface area contributed by atoms with Gasteiger partial charge in [0.1, 0.15) is 0 Å². The molecular formula is C22H33N5O. The largest absolute Gasteiger partial charge is 0.325 e. The highest BCUT2D eigenvalue weighted by Gasteiger charge is 2.23. The fourth-order valence-electron chi connectivity index (χ4n) is 4.02. The maximum absolute atomic E-state index is 12.2. The Balaban J connectivity index is 1.56. The van der Waals surface area contributed by atoms with Crippen molar-refractivity contribution in [3.8, 4) is 0 Å². The molecular weight excluding hydrogens is 350 g/mol. The summed E-state index contributed by atoms with van der Waals surface area (Å²) < 4.78 is 2.13. The molecule has 0 aliphatic heterocycles. The van der Waals surface area contributed by atoms with Crippen LogP contribution in [0.25, 0.3) is 0 Å². The molecule has 0 saturated carbocycles. The Hall–Kier alpha value is -2.34. The number of rotatable bonds is 7. The van der Waals surface area contributed by atoms with E-state index in [-0.39, 0.29) is 12.1 Å². The van der Waals surface area contributed by atoms with Gasteiger partial charge in [-0.25, -0.2) is 4.79 Å². The normalized spacial score (nSPS) is 17.1. The van der Waals surface area contributed by atoms with Gasteiger partial charge in [-0.2, -0.15) is 5.10 Å². The number of fused-ring (bicyclic) bond motifs is 1. The molecule has 1 aliphatic carbocycles. The summed E-state index contributed by atoms with van der Waals surface area (Å²) in [6, 6.07) is 8.85. The molecule has 2 amide bonds. The molecule has 0 radical (unpaired) electrons. The first-order valence-corrected chi connectivity index (χ1v) is 10.5. The van der Waals surface area contributed by atoms with Crippen molar-refractivity contribution in [1.82, 2.24) is 20.0 Å². The van der Waals surface area contributed by atoms with Gasteiger partial charge in [0.2, 0.25) is 0 Å². The van der Waals surface area contributed by atoms with Crippen LogP contribution >= 0.6 is 0 Å². The lowest BCUT2D eigenvalue weighted by Gasteiger charge is -2.27. The Morgan fingerprint density at radius 3 is 2.61 bits per heavy atom. The smallest absolute Gasteiger partial charge is 0.321 e. The Bertz CT molecular complexity index is 779. The number of carbonyl (C=O) groups is 1. The van der Waals surface area contributed by atoms with Gasteiger partial charge >= 0.3 is 6.03 Å². The number of urea groups is 1. The third-order valence-corrected chi connectivity index (χ3v) is 5.73. The Morgan fingerprint density at radius 2 is 1.96 bits per heavy atom. The number of benzene rings is 1. The second-order valence-corrected chi connectivity index (χ2v) is 7.48. The van der Waals surface area contributed by atoms with Crippen molar-refractivity contribution in [3.05, 3.63) is 47.3 Å². The molecule has 0 saturated heterocycles.